The molecule has 1 aromatic heterocycles. The second-order valence-electron chi connectivity index (χ2n) is 2.80. The summed E-state index contributed by atoms with van der Waals surface area (Å²) in [6.45, 7) is 3.25. The molecule has 0 aliphatic carbocycles. The highest BCUT2D eigenvalue weighted by Crippen LogP contribution is 1.97. The first-order valence-corrected chi connectivity index (χ1v) is 4.36. The Balaban J connectivity index is 2.41. The zero-order valence-electron chi connectivity index (χ0n) is 7.40. The van der Waals surface area contributed by atoms with E-state index in [0.717, 1.165) is 31.5 Å². The Bertz CT molecular complexity index is 222. The Kier molecular flexibility index (Phi) is 3.73. The van der Waals surface area contributed by atoms with Crippen molar-refractivity contribution in [1.82, 2.24) is 15.0 Å². The first-order valence-electron chi connectivity index (χ1n) is 4.36. The van der Waals surface area contributed by atoms with E-state index in [1.54, 1.807) is 0 Å². The van der Waals surface area contributed by atoms with E-state index >= 15 is 0 Å². The van der Waals surface area contributed by atoms with Gasteiger partial charge in [0.1, 0.15) is 0 Å². The summed E-state index contributed by atoms with van der Waals surface area (Å²) < 4.78 is 1.84. The van der Waals surface area contributed by atoms with Crippen LogP contribution in [0.2, 0.25) is 0 Å². The first-order chi connectivity index (χ1) is 5.86. The monoisotopic (exact) mass is 169 g/mol. The van der Waals surface area contributed by atoms with E-state index in [2.05, 4.69) is 17.2 Å². The number of nitrogens with zero attached hydrogens (tertiary/aromatic N) is 3. The standard InChI is InChI=1S/C8H15N3O/c1-2-5-11-7-8(9-10-11)4-3-6-12/h7,12H,2-6H2,1H3. The lowest BCUT2D eigenvalue weighted by atomic mass is 10.3. The largest absolute Gasteiger partial charge is 0.396 e. The molecule has 4 heteroatoms. The SMILES string of the molecule is CCCn1cc(CCCO)nn1. The summed E-state index contributed by atoms with van der Waals surface area (Å²) in [6.07, 6.45) is 4.60. The van der Waals surface area contributed by atoms with Gasteiger partial charge in [-0.25, -0.2) is 0 Å². The molecule has 0 fully saturated rings. The lowest BCUT2D eigenvalue weighted by molar-refractivity contribution is 0.288. The maximum absolute atomic E-state index is 8.58. The Morgan fingerprint density at radius 1 is 1.58 bits per heavy atom. The summed E-state index contributed by atoms with van der Waals surface area (Å²) in [5.74, 6) is 0. The van der Waals surface area contributed by atoms with Gasteiger partial charge in [-0.2, -0.15) is 0 Å². The van der Waals surface area contributed by atoms with Gasteiger partial charge in [-0.3, -0.25) is 4.68 Å². The molecule has 0 amide bonds. The van der Waals surface area contributed by atoms with Crippen molar-refractivity contribution in [2.45, 2.75) is 32.7 Å². The van der Waals surface area contributed by atoms with Crippen LogP contribution in [0.4, 0.5) is 0 Å². The highest BCUT2D eigenvalue weighted by Gasteiger charge is 1.98. The van der Waals surface area contributed by atoms with Crippen molar-refractivity contribution in [3.05, 3.63) is 11.9 Å². The van der Waals surface area contributed by atoms with Crippen LogP contribution in [0.3, 0.4) is 0 Å². The number of hydrogen-bond donors (Lipinski definition) is 1. The summed E-state index contributed by atoms with van der Waals surface area (Å²) >= 11 is 0. The van der Waals surface area contributed by atoms with Crippen LogP contribution in [0, 0.1) is 0 Å². The zero-order chi connectivity index (χ0) is 8.81. The van der Waals surface area contributed by atoms with Gasteiger partial charge in [-0.05, 0) is 19.3 Å². The number of aryl methyl sites for hydroxylation is 2. The molecule has 0 spiro atoms. The number of aliphatic hydroxyl groups excluding tert-OH is 1. The van der Waals surface area contributed by atoms with Gasteiger partial charge >= 0.3 is 0 Å². The fourth-order valence-corrected chi connectivity index (χ4v) is 1.05. The fourth-order valence-electron chi connectivity index (χ4n) is 1.05. The molecule has 4 nitrogen and oxygen atoms in total. The van der Waals surface area contributed by atoms with Crippen molar-refractivity contribution in [2.75, 3.05) is 6.61 Å². The van der Waals surface area contributed by atoms with E-state index in [4.69, 9.17) is 5.11 Å². The van der Waals surface area contributed by atoms with E-state index < -0.39 is 0 Å². The van der Waals surface area contributed by atoms with Gasteiger partial charge in [0.25, 0.3) is 0 Å². The summed E-state index contributed by atoms with van der Waals surface area (Å²) in [6, 6.07) is 0. The second-order valence-corrected chi connectivity index (χ2v) is 2.80. The lowest BCUT2D eigenvalue weighted by Gasteiger charge is -1.92. The van der Waals surface area contributed by atoms with E-state index in [1.807, 2.05) is 10.9 Å². The average Bonchev–Trinajstić information content (AvgIpc) is 2.50. The third kappa shape index (κ3) is 2.62. The summed E-state index contributed by atoms with van der Waals surface area (Å²) in [5.41, 5.74) is 0.970. The van der Waals surface area contributed by atoms with Crippen molar-refractivity contribution in [2.24, 2.45) is 0 Å². The van der Waals surface area contributed by atoms with Crippen LogP contribution in [-0.2, 0) is 13.0 Å². The number of aliphatic hydroxyl groups is 1. The molecule has 0 aliphatic heterocycles. The van der Waals surface area contributed by atoms with E-state index in [1.165, 1.54) is 0 Å². The Labute approximate surface area is 72.2 Å². The molecule has 1 N–H and O–H groups in total. The first kappa shape index (κ1) is 9.19. The van der Waals surface area contributed by atoms with Crippen LogP contribution in [0.1, 0.15) is 25.5 Å². The minimum absolute atomic E-state index is 0.223. The van der Waals surface area contributed by atoms with Gasteiger partial charge in [0.15, 0.2) is 0 Å². The molecule has 0 atom stereocenters. The van der Waals surface area contributed by atoms with Crippen LogP contribution in [0.25, 0.3) is 0 Å². The number of aromatic nitrogens is 3. The Morgan fingerprint density at radius 3 is 3.08 bits per heavy atom. The predicted octanol–water partition coefficient (Wildman–Crippen LogP) is 0.613. The molecule has 1 aromatic rings. The van der Waals surface area contributed by atoms with Gasteiger partial charge in [0, 0.05) is 19.3 Å². The Hall–Kier alpha value is -0.900. The van der Waals surface area contributed by atoms with Crippen molar-refractivity contribution < 1.29 is 5.11 Å². The molecule has 0 radical (unpaired) electrons. The summed E-state index contributed by atoms with van der Waals surface area (Å²) in [4.78, 5) is 0. The maximum atomic E-state index is 8.58. The quantitative estimate of drug-likeness (QED) is 0.702. The third-order valence-corrected chi connectivity index (χ3v) is 1.63. The van der Waals surface area contributed by atoms with Gasteiger partial charge < -0.3 is 5.11 Å². The van der Waals surface area contributed by atoms with Crippen LogP contribution < -0.4 is 0 Å². The third-order valence-electron chi connectivity index (χ3n) is 1.63. The van der Waals surface area contributed by atoms with Gasteiger partial charge in [-0.15, -0.1) is 5.10 Å². The molecule has 1 rings (SSSR count). The highest BCUT2D eigenvalue weighted by molar-refractivity contribution is 4.91. The van der Waals surface area contributed by atoms with Crippen LogP contribution in [0.15, 0.2) is 6.20 Å². The van der Waals surface area contributed by atoms with Crippen molar-refractivity contribution >= 4 is 0 Å². The molecule has 1 heterocycles. The predicted molar refractivity (Wildman–Crippen MR) is 45.7 cm³/mol. The minimum Gasteiger partial charge on any atom is -0.396 e. The number of rotatable bonds is 5. The van der Waals surface area contributed by atoms with Crippen molar-refractivity contribution in [3.63, 3.8) is 0 Å². The highest BCUT2D eigenvalue weighted by atomic mass is 16.2. The average molecular weight is 169 g/mol. The van der Waals surface area contributed by atoms with Gasteiger partial charge in [0.2, 0.25) is 0 Å². The van der Waals surface area contributed by atoms with Crippen LogP contribution in [-0.4, -0.2) is 26.7 Å². The number of hydrogen-bond acceptors (Lipinski definition) is 3. The van der Waals surface area contributed by atoms with Crippen LogP contribution in [0.5, 0.6) is 0 Å². The molecular formula is C8H15N3O. The summed E-state index contributed by atoms with van der Waals surface area (Å²) in [7, 11) is 0. The second kappa shape index (κ2) is 4.87. The molecule has 68 valence electrons. The summed E-state index contributed by atoms with van der Waals surface area (Å²) in [5, 5.41) is 16.5. The van der Waals surface area contributed by atoms with E-state index in [0.29, 0.717) is 0 Å². The fraction of sp³-hybridized carbons (Fsp3) is 0.750. The maximum Gasteiger partial charge on any atom is 0.0828 e. The van der Waals surface area contributed by atoms with E-state index in [-0.39, 0.29) is 6.61 Å². The smallest absolute Gasteiger partial charge is 0.0828 e. The van der Waals surface area contributed by atoms with Gasteiger partial charge in [-0.1, -0.05) is 12.1 Å². The molecule has 0 bridgehead atoms. The zero-order valence-corrected chi connectivity index (χ0v) is 7.40. The van der Waals surface area contributed by atoms with E-state index in [9.17, 15) is 0 Å². The molecule has 0 aliphatic rings. The molecular weight excluding hydrogens is 154 g/mol. The topological polar surface area (TPSA) is 50.9 Å². The van der Waals surface area contributed by atoms with Crippen LogP contribution >= 0.6 is 0 Å². The van der Waals surface area contributed by atoms with Gasteiger partial charge in [0.05, 0.1) is 5.69 Å². The van der Waals surface area contributed by atoms with Crippen molar-refractivity contribution in [1.29, 1.82) is 0 Å². The molecule has 0 saturated carbocycles. The normalized spacial score (nSPS) is 10.5. The molecule has 12 heavy (non-hydrogen) atoms. The molecule has 0 aromatic carbocycles. The van der Waals surface area contributed by atoms with Crippen molar-refractivity contribution in [3.8, 4) is 0 Å². The Morgan fingerprint density at radius 2 is 2.42 bits per heavy atom. The molecule has 0 unspecified atom stereocenters. The minimum atomic E-state index is 0.223. The molecule has 0 saturated heterocycles. The lowest BCUT2D eigenvalue weighted by Crippen LogP contribution is -1.96.